The molecule has 0 radical (unpaired) electrons. The van der Waals surface area contributed by atoms with Crippen molar-refractivity contribution in [3.05, 3.63) is 83.9 Å². The third-order valence-electron chi connectivity index (χ3n) is 4.59. The van der Waals surface area contributed by atoms with Crippen molar-refractivity contribution in [1.82, 2.24) is 19.8 Å². The Labute approximate surface area is 196 Å². The number of hydrogen-bond acceptors (Lipinski definition) is 3. The lowest BCUT2D eigenvalue weighted by molar-refractivity contribution is 0.340. The zero-order valence-corrected chi connectivity index (χ0v) is 20.1. The standard InChI is InChI=1S/C23H29N5O.HI/c1-4-29-22-10-8-19(9-11-22)16-27(3)23(24-2)26-15-20-6-5-7-21(14-20)17-28-13-12-25-18-28;/h5-14,18H,4,15-17H2,1-3H3,(H,24,26);1H. The summed E-state index contributed by atoms with van der Waals surface area (Å²) in [4.78, 5) is 10.6. The molecule has 0 aliphatic heterocycles. The second-order valence-corrected chi connectivity index (χ2v) is 6.89. The lowest BCUT2D eigenvalue weighted by Gasteiger charge is -2.22. The fourth-order valence-electron chi connectivity index (χ4n) is 3.20. The summed E-state index contributed by atoms with van der Waals surface area (Å²) < 4.78 is 7.58. The Morgan fingerprint density at radius 2 is 1.90 bits per heavy atom. The van der Waals surface area contributed by atoms with Gasteiger partial charge in [0.25, 0.3) is 0 Å². The molecule has 2 aromatic carbocycles. The molecule has 7 heteroatoms. The largest absolute Gasteiger partial charge is 0.494 e. The maximum absolute atomic E-state index is 5.51. The highest BCUT2D eigenvalue weighted by Crippen LogP contribution is 2.13. The predicted octanol–water partition coefficient (Wildman–Crippen LogP) is 4.16. The van der Waals surface area contributed by atoms with Crippen LogP contribution in [0.5, 0.6) is 5.75 Å². The molecule has 0 saturated carbocycles. The number of guanidine groups is 1. The number of aromatic nitrogens is 2. The summed E-state index contributed by atoms with van der Waals surface area (Å²) in [7, 11) is 3.85. The Bertz CT molecular complexity index is 910. The van der Waals surface area contributed by atoms with Gasteiger partial charge in [0.1, 0.15) is 5.75 Å². The van der Waals surface area contributed by atoms with Gasteiger partial charge in [-0.15, -0.1) is 24.0 Å². The number of halogens is 1. The van der Waals surface area contributed by atoms with Crippen molar-refractivity contribution in [3.63, 3.8) is 0 Å². The quantitative estimate of drug-likeness (QED) is 0.276. The third kappa shape index (κ3) is 7.05. The number of aliphatic imine (C=N–C) groups is 1. The predicted molar refractivity (Wildman–Crippen MR) is 132 cm³/mol. The number of rotatable bonds is 8. The average Bonchev–Trinajstić information content (AvgIpc) is 3.23. The van der Waals surface area contributed by atoms with Gasteiger partial charge < -0.3 is 19.5 Å². The first-order chi connectivity index (χ1) is 14.2. The van der Waals surface area contributed by atoms with Crippen LogP contribution in [0.2, 0.25) is 0 Å². The summed E-state index contributed by atoms with van der Waals surface area (Å²) in [6.07, 6.45) is 5.61. The Morgan fingerprint density at radius 3 is 2.57 bits per heavy atom. The summed E-state index contributed by atoms with van der Waals surface area (Å²) in [5.41, 5.74) is 3.68. The molecule has 3 aromatic rings. The van der Waals surface area contributed by atoms with E-state index < -0.39 is 0 Å². The van der Waals surface area contributed by atoms with Crippen LogP contribution in [0.25, 0.3) is 0 Å². The minimum atomic E-state index is 0. The Balaban J connectivity index is 0.00000320. The molecule has 160 valence electrons. The number of nitrogens with one attached hydrogen (secondary N) is 1. The molecule has 1 aromatic heterocycles. The second kappa shape index (κ2) is 12.2. The van der Waals surface area contributed by atoms with E-state index in [9.17, 15) is 0 Å². The van der Waals surface area contributed by atoms with E-state index in [1.807, 2.05) is 45.7 Å². The van der Waals surface area contributed by atoms with Gasteiger partial charge in [-0.25, -0.2) is 4.98 Å². The van der Waals surface area contributed by atoms with Crippen LogP contribution in [0.4, 0.5) is 0 Å². The summed E-state index contributed by atoms with van der Waals surface area (Å²) >= 11 is 0. The SMILES string of the molecule is CCOc1ccc(CN(C)C(=NC)NCc2cccc(Cn3ccnc3)c2)cc1.I. The zero-order valence-electron chi connectivity index (χ0n) is 17.8. The first kappa shape index (κ1) is 23.7. The topological polar surface area (TPSA) is 54.7 Å². The minimum absolute atomic E-state index is 0. The van der Waals surface area contributed by atoms with Crippen LogP contribution in [0, 0.1) is 0 Å². The van der Waals surface area contributed by atoms with E-state index in [4.69, 9.17) is 4.74 Å². The fraction of sp³-hybridized carbons (Fsp3) is 0.304. The second-order valence-electron chi connectivity index (χ2n) is 6.89. The van der Waals surface area contributed by atoms with E-state index >= 15 is 0 Å². The molecule has 6 nitrogen and oxygen atoms in total. The summed E-state index contributed by atoms with van der Waals surface area (Å²) in [5.74, 6) is 1.76. The van der Waals surface area contributed by atoms with Crippen LogP contribution in [0.3, 0.4) is 0 Å². The van der Waals surface area contributed by atoms with Gasteiger partial charge >= 0.3 is 0 Å². The van der Waals surface area contributed by atoms with Gasteiger partial charge in [-0.1, -0.05) is 36.4 Å². The van der Waals surface area contributed by atoms with Gasteiger partial charge in [-0.3, -0.25) is 4.99 Å². The Morgan fingerprint density at radius 1 is 1.13 bits per heavy atom. The van der Waals surface area contributed by atoms with Crippen LogP contribution < -0.4 is 10.1 Å². The smallest absolute Gasteiger partial charge is 0.193 e. The Kier molecular flexibility index (Phi) is 9.66. The monoisotopic (exact) mass is 519 g/mol. The highest BCUT2D eigenvalue weighted by atomic mass is 127. The van der Waals surface area contributed by atoms with E-state index in [0.29, 0.717) is 6.61 Å². The number of nitrogens with zero attached hydrogens (tertiary/aromatic N) is 4. The number of benzene rings is 2. The van der Waals surface area contributed by atoms with Gasteiger partial charge in [0, 0.05) is 46.1 Å². The normalized spacial score (nSPS) is 11.0. The molecule has 3 rings (SSSR count). The van der Waals surface area contributed by atoms with Crippen molar-refractivity contribution in [3.8, 4) is 5.75 Å². The van der Waals surface area contributed by atoms with Crippen molar-refractivity contribution in [1.29, 1.82) is 0 Å². The summed E-state index contributed by atoms with van der Waals surface area (Å²) in [5, 5.41) is 3.46. The molecule has 0 atom stereocenters. The first-order valence-corrected chi connectivity index (χ1v) is 9.85. The molecular weight excluding hydrogens is 489 g/mol. The molecular formula is C23H30IN5O. The van der Waals surface area contributed by atoms with Crippen LogP contribution in [-0.4, -0.2) is 41.1 Å². The Hall–Kier alpha value is -2.55. The van der Waals surface area contributed by atoms with E-state index in [2.05, 4.69) is 61.2 Å². The molecule has 0 aliphatic rings. The van der Waals surface area contributed by atoms with Crippen LogP contribution in [0.1, 0.15) is 23.6 Å². The number of ether oxygens (including phenoxy) is 1. The molecule has 0 saturated heterocycles. The fourth-order valence-corrected chi connectivity index (χ4v) is 3.20. The van der Waals surface area contributed by atoms with Crippen molar-refractivity contribution < 1.29 is 4.74 Å². The average molecular weight is 519 g/mol. The molecule has 0 unspecified atom stereocenters. The number of hydrogen-bond donors (Lipinski definition) is 1. The minimum Gasteiger partial charge on any atom is -0.494 e. The van der Waals surface area contributed by atoms with Gasteiger partial charge in [0.05, 0.1) is 12.9 Å². The van der Waals surface area contributed by atoms with Crippen molar-refractivity contribution in [2.24, 2.45) is 4.99 Å². The molecule has 0 bridgehead atoms. The molecule has 0 aliphatic carbocycles. The molecule has 0 amide bonds. The lowest BCUT2D eigenvalue weighted by atomic mass is 10.1. The summed E-state index contributed by atoms with van der Waals surface area (Å²) in [6.45, 7) is 4.98. The molecule has 1 N–H and O–H groups in total. The van der Waals surface area contributed by atoms with Crippen molar-refractivity contribution in [2.75, 3.05) is 20.7 Å². The first-order valence-electron chi connectivity index (χ1n) is 9.85. The molecule has 1 heterocycles. The van der Waals surface area contributed by atoms with Crippen molar-refractivity contribution in [2.45, 2.75) is 26.6 Å². The number of imidazole rings is 1. The van der Waals surface area contributed by atoms with Gasteiger partial charge in [0.2, 0.25) is 0 Å². The maximum Gasteiger partial charge on any atom is 0.193 e. The molecule has 0 fully saturated rings. The van der Waals surface area contributed by atoms with E-state index in [-0.39, 0.29) is 24.0 Å². The van der Waals surface area contributed by atoms with Crippen LogP contribution in [0.15, 0.2) is 72.2 Å². The highest BCUT2D eigenvalue weighted by Gasteiger charge is 2.07. The summed E-state index contributed by atoms with van der Waals surface area (Å²) in [6, 6.07) is 16.8. The van der Waals surface area contributed by atoms with Gasteiger partial charge in [-0.2, -0.15) is 0 Å². The molecule has 30 heavy (non-hydrogen) atoms. The van der Waals surface area contributed by atoms with Crippen LogP contribution >= 0.6 is 24.0 Å². The van der Waals surface area contributed by atoms with Gasteiger partial charge in [0.15, 0.2) is 5.96 Å². The maximum atomic E-state index is 5.51. The lowest BCUT2D eigenvalue weighted by Crippen LogP contribution is -2.38. The van der Waals surface area contributed by atoms with E-state index in [1.54, 1.807) is 6.20 Å². The van der Waals surface area contributed by atoms with Gasteiger partial charge in [-0.05, 0) is 35.7 Å². The van der Waals surface area contributed by atoms with Crippen LogP contribution in [-0.2, 0) is 19.6 Å². The highest BCUT2D eigenvalue weighted by molar-refractivity contribution is 14.0. The molecule has 0 spiro atoms. The van der Waals surface area contributed by atoms with E-state index in [1.165, 1.54) is 16.7 Å². The van der Waals surface area contributed by atoms with E-state index in [0.717, 1.165) is 31.3 Å². The van der Waals surface area contributed by atoms with Crippen molar-refractivity contribution >= 4 is 29.9 Å². The third-order valence-corrected chi connectivity index (χ3v) is 4.59. The zero-order chi connectivity index (χ0) is 20.5.